The van der Waals surface area contributed by atoms with Gasteiger partial charge in [-0.1, -0.05) is 60.7 Å². The van der Waals surface area contributed by atoms with Crippen LogP contribution in [0.5, 0.6) is 0 Å². The van der Waals surface area contributed by atoms with Crippen LogP contribution in [0.4, 0.5) is 0 Å². The molecule has 0 unspecified atom stereocenters. The summed E-state index contributed by atoms with van der Waals surface area (Å²) in [5.41, 5.74) is 4.79. The van der Waals surface area contributed by atoms with Crippen molar-refractivity contribution in [3.63, 3.8) is 0 Å². The molecule has 0 aliphatic rings. The van der Waals surface area contributed by atoms with Crippen molar-refractivity contribution in [2.75, 3.05) is 0 Å². The van der Waals surface area contributed by atoms with Gasteiger partial charge in [-0.2, -0.15) is 10.5 Å². The summed E-state index contributed by atoms with van der Waals surface area (Å²) in [6.07, 6.45) is 0. The largest absolute Gasteiger partial charge is 0.192 e. The first kappa shape index (κ1) is 13.6. The Hall–Kier alpha value is -3.36. The summed E-state index contributed by atoms with van der Waals surface area (Å²) in [7, 11) is 0. The molecule has 0 saturated carbocycles. The van der Waals surface area contributed by atoms with Crippen LogP contribution in [0.3, 0.4) is 0 Å². The molecule has 0 aliphatic heterocycles. The number of benzene rings is 3. The van der Waals surface area contributed by atoms with Gasteiger partial charge in [-0.05, 0) is 34.4 Å². The van der Waals surface area contributed by atoms with E-state index in [1.807, 2.05) is 60.7 Å². The Labute approximate surface area is 129 Å². The van der Waals surface area contributed by atoms with Gasteiger partial charge in [0.25, 0.3) is 0 Å². The summed E-state index contributed by atoms with van der Waals surface area (Å²) < 4.78 is 0. The molecule has 0 aromatic heterocycles. The Balaban J connectivity index is 2.32. The van der Waals surface area contributed by atoms with E-state index in [1.165, 1.54) is 0 Å². The van der Waals surface area contributed by atoms with E-state index in [1.54, 1.807) is 12.1 Å². The Morgan fingerprint density at radius 1 is 0.545 bits per heavy atom. The Bertz CT molecular complexity index is 806. The van der Waals surface area contributed by atoms with Crippen molar-refractivity contribution >= 4 is 0 Å². The highest BCUT2D eigenvalue weighted by molar-refractivity contribution is 5.85. The van der Waals surface area contributed by atoms with Gasteiger partial charge in [0, 0.05) is 0 Å². The zero-order chi connectivity index (χ0) is 15.4. The highest BCUT2D eigenvalue weighted by Gasteiger charge is 2.12. The predicted octanol–water partition coefficient (Wildman–Crippen LogP) is 4.76. The van der Waals surface area contributed by atoms with Crippen molar-refractivity contribution in [2.24, 2.45) is 0 Å². The fraction of sp³-hybridized carbons (Fsp3) is 0. The lowest BCUT2D eigenvalue weighted by molar-refractivity contribution is 1.43. The lowest BCUT2D eigenvalue weighted by atomic mass is 9.90. The molecule has 0 radical (unpaired) electrons. The van der Waals surface area contributed by atoms with E-state index in [-0.39, 0.29) is 0 Å². The fourth-order valence-corrected chi connectivity index (χ4v) is 2.50. The molecular formula is C20H12N2. The molecule has 2 heteroatoms. The maximum absolute atomic E-state index is 9.28. The van der Waals surface area contributed by atoms with E-state index in [9.17, 15) is 10.5 Å². The first-order chi connectivity index (χ1) is 10.8. The minimum atomic E-state index is 0.404. The first-order valence-corrected chi connectivity index (χ1v) is 6.92. The van der Waals surface area contributed by atoms with E-state index in [0.717, 1.165) is 22.3 Å². The molecular weight excluding hydrogens is 268 g/mol. The monoisotopic (exact) mass is 280 g/mol. The minimum absolute atomic E-state index is 0.404. The van der Waals surface area contributed by atoms with Gasteiger partial charge in [-0.25, -0.2) is 0 Å². The molecule has 0 aliphatic carbocycles. The molecule has 0 amide bonds. The normalized spacial score (nSPS) is 9.73. The van der Waals surface area contributed by atoms with Crippen molar-refractivity contribution in [1.29, 1.82) is 10.5 Å². The average molecular weight is 280 g/mol. The van der Waals surface area contributed by atoms with Gasteiger partial charge < -0.3 is 0 Å². The van der Waals surface area contributed by atoms with Crippen molar-refractivity contribution in [3.05, 3.63) is 83.9 Å². The Morgan fingerprint density at radius 3 is 1.23 bits per heavy atom. The fourth-order valence-electron chi connectivity index (χ4n) is 2.50. The van der Waals surface area contributed by atoms with E-state index < -0.39 is 0 Å². The second-order valence-electron chi connectivity index (χ2n) is 4.90. The average Bonchev–Trinajstić information content (AvgIpc) is 2.62. The standard InChI is InChI=1S/C20H12N2/c21-13-17-11-19(15-7-3-1-4-8-15)20(12-18(17)14-22)16-9-5-2-6-10-16/h1-12H. The molecule has 0 heterocycles. The summed E-state index contributed by atoms with van der Waals surface area (Å²) in [5, 5.41) is 18.6. The minimum Gasteiger partial charge on any atom is -0.192 e. The third-order valence-corrected chi connectivity index (χ3v) is 3.57. The van der Waals surface area contributed by atoms with Gasteiger partial charge in [-0.15, -0.1) is 0 Å². The summed E-state index contributed by atoms with van der Waals surface area (Å²) in [5.74, 6) is 0. The lowest BCUT2D eigenvalue weighted by Gasteiger charge is -2.12. The zero-order valence-electron chi connectivity index (χ0n) is 11.8. The van der Waals surface area contributed by atoms with Crippen molar-refractivity contribution in [1.82, 2.24) is 0 Å². The van der Waals surface area contributed by atoms with E-state index >= 15 is 0 Å². The summed E-state index contributed by atoms with van der Waals surface area (Å²) in [6, 6.07) is 27.6. The lowest BCUT2D eigenvalue weighted by Crippen LogP contribution is -1.91. The van der Waals surface area contributed by atoms with Gasteiger partial charge in [0.2, 0.25) is 0 Å². The molecule has 0 spiro atoms. The number of rotatable bonds is 2. The predicted molar refractivity (Wildman–Crippen MR) is 86.7 cm³/mol. The van der Waals surface area contributed by atoms with Crippen LogP contribution in [0.1, 0.15) is 11.1 Å². The molecule has 0 fully saturated rings. The van der Waals surface area contributed by atoms with Gasteiger partial charge >= 0.3 is 0 Å². The van der Waals surface area contributed by atoms with E-state index in [2.05, 4.69) is 12.1 Å². The molecule has 0 atom stereocenters. The number of nitriles is 2. The van der Waals surface area contributed by atoms with Crippen LogP contribution in [0.15, 0.2) is 72.8 Å². The highest BCUT2D eigenvalue weighted by Crippen LogP contribution is 2.34. The van der Waals surface area contributed by atoms with Gasteiger partial charge in [-0.3, -0.25) is 0 Å². The molecule has 102 valence electrons. The van der Waals surface area contributed by atoms with Crippen LogP contribution in [-0.2, 0) is 0 Å². The second-order valence-corrected chi connectivity index (χ2v) is 4.90. The molecule has 2 nitrogen and oxygen atoms in total. The van der Waals surface area contributed by atoms with Crippen LogP contribution in [-0.4, -0.2) is 0 Å². The van der Waals surface area contributed by atoms with E-state index in [0.29, 0.717) is 11.1 Å². The molecule has 3 rings (SSSR count). The number of hydrogen-bond acceptors (Lipinski definition) is 2. The Kier molecular flexibility index (Phi) is 3.69. The van der Waals surface area contributed by atoms with Crippen molar-refractivity contribution < 1.29 is 0 Å². The van der Waals surface area contributed by atoms with Crippen molar-refractivity contribution in [2.45, 2.75) is 0 Å². The third kappa shape index (κ3) is 2.46. The molecule has 3 aromatic carbocycles. The molecule has 0 N–H and O–H groups in total. The van der Waals surface area contributed by atoms with Crippen LogP contribution in [0, 0.1) is 22.7 Å². The molecule has 0 saturated heterocycles. The van der Waals surface area contributed by atoms with Crippen LogP contribution in [0.2, 0.25) is 0 Å². The summed E-state index contributed by atoms with van der Waals surface area (Å²) in [4.78, 5) is 0. The maximum Gasteiger partial charge on any atom is 0.101 e. The van der Waals surface area contributed by atoms with Gasteiger partial charge in [0.05, 0.1) is 11.1 Å². The van der Waals surface area contributed by atoms with E-state index in [4.69, 9.17) is 0 Å². The molecule has 0 bridgehead atoms. The first-order valence-electron chi connectivity index (χ1n) is 6.92. The zero-order valence-corrected chi connectivity index (χ0v) is 11.8. The molecule has 22 heavy (non-hydrogen) atoms. The van der Waals surface area contributed by atoms with Crippen LogP contribution in [0.25, 0.3) is 22.3 Å². The second kappa shape index (κ2) is 5.95. The Morgan fingerprint density at radius 2 is 0.909 bits per heavy atom. The summed E-state index contributed by atoms with van der Waals surface area (Å²) >= 11 is 0. The van der Waals surface area contributed by atoms with Crippen LogP contribution < -0.4 is 0 Å². The highest BCUT2D eigenvalue weighted by atomic mass is 14.3. The van der Waals surface area contributed by atoms with Crippen LogP contribution >= 0.6 is 0 Å². The topological polar surface area (TPSA) is 47.6 Å². The number of nitrogens with zero attached hydrogens (tertiary/aromatic N) is 2. The maximum atomic E-state index is 9.28. The SMILES string of the molecule is N#Cc1cc(-c2ccccc2)c(-c2ccccc2)cc1C#N. The summed E-state index contributed by atoms with van der Waals surface area (Å²) in [6.45, 7) is 0. The quantitative estimate of drug-likeness (QED) is 0.679. The smallest absolute Gasteiger partial charge is 0.101 e. The third-order valence-electron chi connectivity index (χ3n) is 3.57. The van der Waals surface area contributed by atoms with Gasteiger partial charge in [0.15, 0.2) is 0 Å². The van der Waals surface area contributed by atoms with Gasteiger partial charge in [0.1, 0.15) is 12.1 Å². The number of hydrogen-bond donors (Lipinski definition) is 0. The van der Waals surface area contributed by atoms with Crippen molar-refractivity contribution in [3.8, 4) is 34.4 Å². The molecule has 3 aromatic rings.